The van der Waals surface area contributed by atoms with Gasteiger partial charge < -0.3 is 10.2 Å². The lowest BCUT2D eigenvalue weighted by molar-refractivity contribution is -0.138. The van der Waals surface area contributed by atoms with E-state index in [1.54, 1.807) is 23.2 Å². The summed E-state index contributed by atoms with van der Waals surface area (Å²) in [4.78, 5) is 10.1. The molecule has 4 nitrogen and oxygen atoms in total. The number of aryl methyl sites for hydroxylation is 1. The molecule has 1 aliphatic heterocycles. The lowest BCUT2D eigenvalue weighted by atomic mass is 9.93. The standard InChI is InChI=1S/C22H25F5N4S/c1-12-11-31(9-7-21(12,23)24)20-18(13(2)19(15(4)30-20)22(25,26)27)14(3)29-16-6-8-28-17(10-16)32-5/h6,8,10,12H,3,7,9,11H2,1-2,4-5H3,(H,28,29). The molecule has 0 saturated carbocycles. The summed E-state index contributed by atoms with van der Waals surface area (Å²) in [5.41, 5.74) is -0.0927. The molecule has 3 rings (SSSR count). The summed E-state index contributed by atoms with van der Waals surface area (Å²) in [6.45, 7) is 8.03. The normalized spacial score (nSPS) is 18.5. The monoisotopic (exact) mass is 472 g/mol. The van der Waals surface area contributed by atoms with E-state index in [9.17, 15) is 22.0 Å². The summed E-state index contributed by atoms with van der Waals surface area (Å²) in [5.74, 6) is -3.56. The van der Waals surface area contributed by atoms with Gasteiger partial charge in [0.2, 0.25) is 0 Å². The number of hydrogen-bond donors (Lipinski definition) is 1. The van der Waals surface area contributed by atoms with Crippen molar-refractivity contribution in [3.05, 3.63) is 47.3 Å². The third-order valence-corrected chi connectivity index (χ3v) is 6.30. The van der Waals surface area contributed by atoms with E-state index in [0.717, 1.165) is 5.03 Å². The number of anilines is 2. The van der Waals surface area contributed by atoms with Crippen LogP contribution < -0.4 is 10.2 Å². The SMILES string of the molecule is C=C(Nc1ccnc(SC)c1)c1c(N2CCC(F)(F)C(C)C2)nc(C)c(C(F)(F)F)c1C. The Morgan fingerprint density at radius 2 is 2.00 bits per heavy atom. The molecule has 0 aliphatic carbocycles. The summed E-state index contributed by atoms with van der Waals surface area (Å²) >= 11 is 1.42. The number of rotatable bonds is 5. The van der Waals surface area contributed by atoms with E-state index in [2.05, 4.69) is 21.9 Å². The zero-order valence-corrected chi connectivity index (χ0v) is 19.1. The van der Waals surface area contributed by atoms with Crippen LogP contribution in [0.25, 0.3) is 5.70 Å². The van der Waals surface area contributed by atoms with Crippen molar-refractivity contribution >= 4 is 29.0 Å². The number of piperidine rings is 1. The fourth-order valence-corrected chi connectivity index (χ4v) is 4.37. The molecule has 2 aromatic heterocycles. The zero-order valence-electron chi connectivity index (χ0n) is 18.3. The molecule has 1 N–H and O–H groups in total. The Morgan fingerprint density at radius 3 is 2.59 bits per heavy atom. The lowest BCUT2D eigenvalue weighted by Crippen LogP contribution is -2.46. The highest BCUT2D eigenvalue weighted by Crippen LogP contribution is 2.42. The van der Waals surface area contributed by atoms with Crippen molar-refractivity contribution in [2.45, 2.75) is 44.3 Å². The molecule has 1 fully saturated rings. The highest BCUT2D eigenvalue weighted by atomic mass is 32.2. The van der Waals surface area contributed by atoms with Gasteiger partial charge in [-0.1, -0.05) is 13.5 Å². The number of nitrogens with one attached hydrogen (secondary N) is 1. The van der Waals surface area contributed by atoms with Crippen molar-refractivity contribution in [2.24, 2.45) is 5.92 Å². The van der Waals surface area contributed by atoms with Gasteiger partial charge in [-0.05, 0) is 37.8 Å². The smallest absolute Gasteiger partial charge is 0.355 e. The highest BCUT2D eigenvalue weighted by Gasteiger charge is 2.43. The largest absolute Gasteiger partial charge is 0.418 e. The van der Waals surface area contributed by atoms with Crippen molar-refractivity contribution in [1.29, 1.82) is 0 Å². The molecule has 0 bridgehead atoms. The average Bonchev–Trinajstić information content (AvgIpc) is 2.68. The maximum Gasteiger partial charge on any atom is 0.418 e. The van der Waals surface area contributed by atoms with E-state index in [4.69, 9.17) is 0 Å². The van der Waals surface area contributed by atoms with Gasteiger partial charge >= 0.3 is 6.18 Å². The molecule has 1 unspecified atom stereocenters. The molecular weight excluding hydrogens is 447 g/mol. The Hall–Kier alpha value is -2.36. The molecule has 0 radical (unpaired) electrons. The summed E-state index contributed by atoms with van der Waals surface area (Å²) in [6.07, 6.45) is -1.57. The topological polar surface area (TPSA) is 41.1 Å². The van der Waals surface area contributed by atoms with Gasteiger partial charge in [0.1, 0.15) is 5.82 Å². The molecule has 10 heteroatoms. The summed E-state index contributed by atoms with van der Waals surface area (Å²) in [5, 5.41) is 3.78. The highest BCUT2D eigenvalue weighted by molar-refractivity contribution is 7.98. The zero-order chi connectivity index (χ0) is 23.8. The number of hydrogen-bond acceptors (Lipinski definition) is 5. The van der Waals surface area contributed by atoms with E-state index in [1.165, 1.54) is 32.5 Å². The first-order valence-electron chi connectivity index (χ1n) is 10.0. The number of pyridine rings is 2. The van der Waals surface area contributed by atoms with Crippen LogP contribution in [0, 0.1) is 19.8 Å². The number of thioether (sulfide) groups is 1. The van der Waals surface area contributed by atoms with Crippen LogP contribution >= 0.6 is 11.8 Å². The third-order valence-electron chi connectivity index (χ3n) is 5.66. The van der Waals surface area contributed by atoms with Gasteiger partial charge in [0, 0.05) is 48.6 Å². The molecule has 32 heavy (non-hydrogen) atoms. The van der Waals surface area contributed by atoms with Crippen molar-refractivity contribution < 1.29 is 22.0 Å². The Balaban J connectivity index is 2.10. The molecule has 1 aliphatic rings. The van der Waals surface area contributed by atoms with Crippen molar-refractivity contribution in [3.8, 4) is 0 Å². The summed E-state index contributed by atoms with van der Waals surface area (Å²) < 4.78 is 69.5. The van der Waals surface area contributed by atoms with Gasteiger partial charge in [-0.25, -0.2) is 18.7 Å². The molecule has 0 spiro atoms. The van der Waals surface area contributed by atoms with E-state index < -0.39 is 30.0 Å². The Labute approximate surface area is 188 Å². The molecule has 1 saturated heterocycles. The maximum atomic E-state index is 14.1. The van der Waals surface area contributed by atoms with Crippen LogP contribution in [0.15, 0.2) is 29.9 Å². The van der Waals surface area contributed by atoms with Crippen molar-refractivity contribution in [1.82, 2.24) is 9.97 Å². The minimum absolute atomic E-state index is 0.0132. The number of halogens is 5. The van der Waals surface area contributed by atoms with Gasteiger partial charge in [0.05, 0.1) is 16.3 Å². The Bertz CT molecular complexity index is 1020. The fraction of sp³-hybridized carbons (Fsp3) is 0.455. The first kappa shape index (κ1) is 24.3. The van der Waals surface area contributed by atoms with E-state index in [-0.39, 0.29) is 41.4 Å². The van der Waals surface area contributed by atoms with Gasteiger partial charge in [-0.2, -0.15) is 13.2 Å². The minimum atomic E-state index is -4.61. The van der Waals surface area contributed by atoms with Crippen LogP contribution in [0.3, 0.4) is 0 Å². The fourth-order valence-electron chi connectivity index (χ4n) is 3.96. The van der Waals surface area contributed by atoms with Crippen LogP contribution in [0.1, 0.15) is 35.7 Å². The first-order valence-corrected chi connectivity index (χ1v) is 11.2. The molecule has 0 amide bonds. The second-order valence-electron chi connectivity index (χ2n) is 7.94. The van der Waals surface area contributed by atoms with Crippen LogP contribution in [-0.2, 0) is 6.18 Å². The van der Waals surface area contributed by atoms with Gasteiger partial charge in [0.25, 0.3) is 5.92 Å². The number of nitrogens with zero attached hydrogens (tertiary/aromatic N) is 3. The molecule has 1 atom stereocenters. The second-order valence-corrected chi connectivity index (χ2v) is 8.77. The van der Waals surface area contributed by atoms with Crippen LogP contribution in [-0.4, -0.2) is 35.2 Å². The summed E-state index contributed by atoms with van der Waals surface area (Å²) in [6, 6.07) is 3.43. The van der Waals surface area contributed by atoms with Crippen LogP contribution in [0.5, 0.6) is 0 Å². The maximum absolute atomic E-state index is 14.1. The van der Waals surface area contributed by atoms with Gasteiger partial charge in [-0.3, -0.25) is 0 Å². The average molecular weight is 473 g/mol. The van der Waals surface area contributed by atoms with Crippen LogP contribution in [0.2, 0.25) is 0 Å². The van der Waals surface area contributed by atoms with E-state index >= 15 is 0 Å². The predicted molar refractivity (Wildman–Crippen MR) is 118 cm³/mol. The number of alkyl halides is 5. The van der Waals surface area contributed by atoms with Gasteiger partial charge in [-0.15, -0.1) is 11.8 Å². The Morgan fingerprint density at radius 1 is 1.31 bits per heavy atom. The predicted octanol–water partition coefficient (Wildman–Crippen LogP) is 6.40. The third kappa shape index (κ3) is 4.84. The Kier molecular flexibility index (Phi) is 6.74. The number of aromatic nitrogens is 2. The van der Waals surface area contributed by atoms with E-state index in [0.29, 0.717) is 5.69 Å². The van der Waals surface area contributed by atoms with Crippen molar-refractivity contribution in [2.75, 3.05) is 29.6 Å². The minimum Gasteiger partial charge on any atom is -0.355 e. The quantitative estimate of drug-likeness (QED) is 0.403. The van der Waals surface area contributed by atoms with Crippen molar-refractivity contribution in [3.63, 3.8) is 0 Å². The second kappa shape index (κ2) is 8.88. The summed E-state index contributed by atoms with van der Waals surface area (Å²) in [7, 11) is 0. The van der Waals surface area contributed by atoms with Crippen LogP contribution in [0.4, 0.5) is 33.5 Å². The lowest BCUT2D eigenvalue weighted by Gasteiger charge is -2.39. The van der Waals surface area contributed by atoms with E-state index in [1.807, 2.05) is 6.26 Å². The van der Waals surface area contributed by atoms with Gasteiger partial charge in [0.15, 0.2) is 0 Å². The molecule has 3 heterocycles. The molecular formula is C22H25F5N4S. The first-order chi connectivity index (χ1) is 14.8. The molecule has 0 aromatic carbocycles. The molecule has 2 aromatic rings. The molecule has 174 valence electrons.